The number of nitrogens with zero attached hydrogens (tertiary/aromatic N) is 3. The fraction of sp³-hybridized carbons (Fsp3) is 0.355. The van der Waals surface area contributed by atoms with Crippen molar-refractivity contribution in [2.75, 3.05) is 51.6 Å². The number of piperidine rings is 1. The van der Waals surface area contributed by atoms with Crippen molar-refractivity contribution in [3.05, 3.63) is 77.9 Å². The van der Waals surface area contributed by atoms with E-state index >= 15 is 0 Å². The van der Waals surface area contributed by atoms with Gasteiger partial charge in [-0.25, -0.2) is 4.98 Å². The van der Waals surface area contributed by atoms with Gasteiger partial charge in [0.2, 0.25) is 5.95 Å². The van der Waals surface area contributed by atoms with Crippen molar-refractivity contribution in [3.8, 4) is 17.2 Å². The largest absolute Gasteiger partial charge is 0.497 e. The Hall–Kier alpha value is -4.04. The molecule has 0 bridgehead atoms. The van der Waals surface area contributed by atoms with E-state index in [9.17, 15) is 0 Å². The van der Waals surface area contributed by atoms with E-state index in [0.717, 1.165) is 67.9 Å². The summed E-state index contributed by atoms with van der Waals surface area (Å²) >= 11 is 0. The summed E-state index contributed by atoms with van der Waals surface area (Å²) in [6.45, 7) is 3.80. The van der Waals surface area contributed by atoms with Crippen LogP contribution in [-0.4, -0.2) is 61.9 Å². The SMILES string of the molecule is COc1ccc(CCNc2nc(NC3CCN(Cc4ccccc4)CC3)nc3cc(OC)c(OC)cc23)cc1. The fourth-order valence-corrected chi connectivity index (χ4v) is 5.03. The predicted octanol–water partition coefficient (Wildman–Crippen LogP) is 5.39. The maximum Gasteiger partial charge on any atom is 0.225 e. The third-order valence-electron chi connectivity index (χ3n) is 7.24. The molecule has 8 heteroatoms. The molecule has 0 amide bonds. The van der Waals surface area contributed by atoms with Crippen LogP contribution in [0.2, 0.25) is 0 Å². The van der Waals surface area contributed by atoms with Crippen LogP contribution < -0.4 is 24.8 Å². The summed E-state index contributed by atoms with van der Waals surface area (Å²) in [6, 6.07) is 23.0. The zero-order chi connectivity index (χ0) is 27.0. The van der Waals surface area contributed by atoms with Crippen molar-refractivity contribution < 1.29 is 14.2 Å². The maximum absolute atomic E-state index is 5.56. The molecule has 5 rings (SSSR count). The van der Waals surface area contributed by atoms with Crippen LogP contribution in [0.1, 0.15) is 24.0 Å². The average molecular weight is 528 g/mol. The Morgan fingerprint density at radius 1 is 0.821 bits per heavy atom. The molecular formula is C31H37N5O3. The Kier molecular flexibility index (Phi) is 8.63. The van der Waals surface area contributed by atoms with Crippen molar-refractivity contribution in [2.45, 2.75) is 31.8 Å². The first kappa shape index (κ1) is 26.6. The van der Waals surface area contributed by atoms with Crippen LogP contribution in [0.4, 0.5) is 11.8 Å². The molecule has 39 heavy (non-hydrogen) atoms. The summed E-state index contributed by atoms with van der Waals surface area (Å²) in [4.78, 5) is 12.3. The highest BCUT2D eigenvalue weighted by Gasteiger charge is 2.21. The van der Waals surface area contributed by atoms with Gasteiger partial charge in [-0.1, -0.05) is 42.5 Å². The first-order valence-electron chi connectivity index (χ1n) is 13.5. The van der Waals surface area contributed by atoms with E-state index < -0.39 is 0 Å². The van der Waals surface area contributed by atoms with Crippen molar-refractivity contribution in [1.29, 1.82) is 0 Å². The van der Waals surface area contributed by atoms with Gasteiger partial charge in [-0.15, -0.1) is 0 Å². The third-order valence-corrected chi connectivity index (χ3v) is 7.24. The molecule has 1 saturated heterocycles. The second-order valence-electron chi connectivity index (χ2n) is 9.83. The van der Waals surface area contributed by atoms with E-state index in [1.165, 1.54) is 11.1 Å². The zero-order valence-corrected chi connectivity index (χ0v) is 22.9. The van der Waals surface area contributed by atoms with E-state index in [0.29, 0.717) is 23.5 Å². The summed E-state index contributed by atoms with van der Waals surface area (Å²) in [7, 11) is 4.96. The summed E-state index contributed by atoms with van der Waals surface area (Å²) in [5.74, 6) is 3.56. The lowest BCUT2D eigenvalue weighted by Gasteiger charge is -2.32. The highest BCUT2D eigenvalue weighted by atomic mass is 16.5. The standard InChI is InChI=1S/C31H37N5O3/c1-37-25-11-9-22(10-12-25)13-16-32-30-26-19-28(38-2)29(39-3)20-27(26)34-31(35-30)33-24-14-17-36(18-15-24)21-23-7-5-4-6-8-23/h4-12,19-20,24H,13-18,21H2,1-3H3,(H2,32,33,34,35). The molecule has 0 atom stereocenters. The Labute approximate surface area is 230 Å². The molecule has 4 aromatic rings. The second-order valence-corrected chi connectivity index (χ2v) is 9.83. The lowest BCUT2D eigenvalue weighted by molar-refractivity contribution is 0.211. The smallest absolute Gasteiger partial charge is 0.225 e. The van der Waals surface area contributed by atoms with E-state index in [4.69, 9.17) is 24.2 Å². The van der Waals surface area contributed by atoms with E-state index in [2.05, 4.69) is 58.0 Å². The molecule has 204 valence electrons. The van der Waals surface area contributed by atoms with Crippen LogP contribution >= 0.6 is 0 Å². The third kappa shape index (κ3) is 6.70. The normalized spacial score (nSPS) is 14.2. The quantitative estimate of drug-likeness (QED) is 0.269. The molecule has 0 radical (unpaired) electrons. The number of anilines is 2. The Morgan fingerprint density at radius 3 is 2.23 bits per heavy atom. The molecule has 1 aliphatic heterocycles. The van der Waals surface area contributed by atoms with Crippen LogP contribution in [0, 0.1) is 0 Å². The monoisotopic (exact) mass is 527 g/mol. The molecule has 1 aliphatic rings. The number of fused-ring (bicyclic) bond motifs is 1. The first-order valence-corrected chi connectivity index (χ1v) is 13.5. The van der Waals surface area contributed by atoms with Gasteiger partial charge in [-0.05, 0) is 48.6 Å². The number of ether oxygens (including phenoxy) is 3. The van der Waals surface area contributed by atoms with E-state index in [1.54, 1.807) is 21.3 Å². The summed E-state index contributed by atoms with van der Waals surface area (Å²) < 4.78 is 16.4. The van der Waals surface area contributed by atoms with Gasteiger partial charge in [0.05, 0.1) is 26.8 Å². The van der Waals surface area contributed by atoms with Gasteiger partial charge < -0.3 is 24.8 Å². The van der Waals surface area contributed by atoms with Gasteiger partial charge in [-0.3, -0.25) is 4.90 Å². The summed E-state index contributed by atoms with van der Waals surface area (Å²) in [5, 5.41) is 8.04. The molecule has 8 nitrogen and oxygen atoms in total. The Morgan fingerprint density at radius 2 is 1.54 bits per heavy atom. The highest BCUT2D eigenvalue weighted by molar-refractivity contribution is 5.92. The molecule has 3 aromatic carbocycles. The van der Waals surface area contributed by atoms with Crippen LogP contribution in [0.25, 0.3) is 10.9 Å². The number of aromatic nitrogens is 2. The number of likely N-dealkylation sites (tertiary alicyclic amines) is 1. The molecule has 2 N–H and O–H groups in total. The van der Waals surface area contributed by atoms with E-state index in [1.807, 2.05) is 24.3 Å². The molecule has 0 unspecified atom stereocenters. The molecule has 0 aliphatic carbocycles. The van der Waals surface area contributed by atoms with Crippen molar-refractivity contribution in [2.24, 2.45) is 0 Å². The van der Waals surface area contributed by atoms with Crippen molar-refractivity contribution in [3.63, 3.8) is 0 Å². The van der Waals surface area contributed by atoms with Crippen LogP contribution in [0.15, 0.2) is 66.7 Å². The van der Waals surface area contributed by atoms with Crippen molar-refractivity contribution >= 4 is 22.7 Å². The van der Waals surface area contributed by atoms with Gasteiger partial charge in [0.25, 0.3) is 0 Å². The number of nitrogens with one attached hydrogen (secondary N) is 2. The fourth-order valence-electron chi connectivity index (χ4n) is 5.03. The number of methoxy groups -OCH3 is 3. The van der Waals surface area contributed by atoms with Crippen molar-refractivity contribution in [1.82, 2.24) is 14.9 Å². The topological polar surface area (TPSA) is 80.8 Å². The number of hydrogen-bond acceptors (Lipinski definition) is 8. The molecule has 2 heterocycles. The van der Waals surface area contributed by atoms with Crippen LogP contribution in [0.5, 0.6) is 17.2 Å². The van der Waals surface area contributed by atoms with Gasteiger partial charge in [-0.2, -0.15) is 4.98 Å². The Balaban J connectivity index is 1.30. The molecular weight excluding hydrogens is 490 g/mol. The lowest BCUT2D eigenvalue weighted by Crippen LogP contribution is -2.39. The highest BCUT2D eigenvalue weighted by Crippen LogP contribution is 2.35. The van der Waals surface area contributed by atoms with Gasteiger partial charge in [0.15, 0.2) is 11.5 Å². The minimum absolute atomic E-state index is 0.321. The predicted molar refractivity (Wildman–Crippen MR) is 156 cm³/mol. The second kappa shape index (κ2) is 12.7. The van der Waals surface area contributed by atoms with Gasteiger partial charge in [0.1, 0.15) is 11.6 Å². The van der Waals surface area contributed by atoms with E-state index in [-0.39, 0.29) is 0 Å². The maximum atomic E-state index is 5.56. The molecule has 1 aromatic heterocycles. The van der Waals surface area contributed by atoms with Crippen LogP contribution in [-0.2, 0) is 13.0 Å². The summed E-state index contributed by atoms with van der Waals surface area (Å²) in [6.07, 6.45) is 2.94. The lowest BCUT2D eigenvalue weighted by atomic mass is 10.0. The molecule has 0 spiro atoms. The summed E-state index contributed by atoms with van der Waals surface area (Å²) in [5.41, 5.74) is 3.39. The average Bonchev–Trinajstić information content (AvgIpc) is 2.98. The van der Waals surface area contributed by atoms with Gasteiger partial charge in [0, 0.05) is 43.7 Å². The number of rotatable bonds is 11. The van der Waals surface area contributed by atoms with Crippen LogP contribution in [0.3, 0.4) is 0 Å². The number of hydrogen-bond donors (Lipinski definition) is 2. The molecule has 1 fully saturated rings. The first-order chi connectivity index (χ1) is 19.1. The number of benzene rings is 3. The minimum Gasteiger partial charge on any atom is -0.497 e. The minimum atomic E-state index is 0.321. The zero-order valence-electron chi connectivity index (χ0n) is 22.9. The Bertz CT molecular complexity index is 1360. The van der Waals surface area contributed by atoms with Gasteiger partial charge >= 0.3 is 0 Å². The molecule has 0 saturated carbocycles.